The number of nitrogens with one attached hydrogen (secondary N) is 1. The summed E-state index contributed by atoms with van der Waals surface area (Å²) in [5, 5.41) is 14.3. The summed E-state index contributed by atoms with van der Waals surface area (Å²) >= 11 is 0. The molecule has 0 bridgehead atoms. The van der Waals surface area contributed by atoms with E-state index in [1.165, 1.54) is 0 Å². The quantitative estimate of drug-likeness (QED) is 0.380. The molecule has 0 unspecified atom stereocenters. The van der Waals surface area contributed by atoms with Crippen molar-refractivity contribution < 1.29 is 24.1 Å². The van der Waals surface area contributed by atoms with E-state index < -0.39 is 6.09 Å². The van der Waals surface area contributed by atoms with Crippen LogP contribution in [0.5, 0.6) is 17.2 Å². The van der Waals surface area contributed by atoms with Gasteiger partial charge in [-0.1, -0.05) is 30.3 Å². The fourth-order valence-corrected chi connectivity index (χ4v) is 4.97. The first-order chi connectivity index (χ1) is 18.5. The Morgan fingerprint density at radius 2 is 2.03 bits per heavy atom. The van der Waals surface area contributed by atoms with Crippen molar-refractivity contribution in [2.75, 3.05) is 31.3 Å². The van der Waals surface area contributed by atoms with Crippen LogP contribution in [0.4, 0.5) is 10.6 Å². The number of rotatable bonds is 6. The number of aromatic hydroxyl groups is 1. The van der Waals surface area contributed by atoms with Crippen molar-refractivity contribution in [2.45, 2.75) is 20.0 Å². The number of phenols is 1. The van der Waals surface area contributed by atoms with Crippen molar-refractivity contribution in [1.29, 1.82) is 0 Å². The highest BCUT2D eigenvalue weighted by Crippen LogP contribution is 2.36. The molecule has 9 heteroatoms. The zero-order chi connectivity index (χ0) is 26.1. The Hall–Kier alpha value is -4.53. The number of para-hydroxylation sites is 2. The minimum atomic E-state index is -0.468. The second-order valence-electron chi connectivity index (χ2n) is 9.62. The number of benzene rings is 3. The van der Waals surface area contributed by atoms with Gasteiger partial charge in [-0.05, 0) is 55.2 Å². The normalized spacial score (nSPS) is 16.1. The van der Waals surface area contributed by atoms with Crippen molar-refractivity contribution >= 4 is 22.8 Å². The molecule has 1 amide bonds. The molecule has 0 radical (unpaired) electrons. The summed E-state index contributed by atoms with van der Waals surface area (Å²) in [6.45, 7) is 4.34. The second-order valence-corrected chi connectivity index (χ2v) is 9.62. The van der Waals surface area contributed by atoms with Crippen LogP contribution < -0.4 is 19.7 Å². The molecule has 3 aromatic carbocycles. The van der Waals surface area contributed by atoms with Gasteiger partial charge in [0, 0.05) is 30.6 Å². The number of hydrogen-bond donors (Lipinski definition) is 2. The molecule has 1 aromatic heterocycles. The Labute approximate surface area is 220 Å². The molecule has 38 heavy (non-hydrogen) atoms. The predicted molar refractivity (Wildman–Crippen MR) is 142 cm³/mol. The summed E-state index contributed by atoms with van der Waals surface area (Å²) < 4.78 is 16.3. The molecule has 0 spiro atoms. The number of hydrogen-bond acceptors (Lipinski definition) is 8. The number of carbonyl (C=O) groups excluding carboxylic acids is 1. The van der Waals surface area contributed by atoms with Crippen LogP contribution in [-0.4, -0.2) is 47.6 Å². The van der Waals surface area contributed by atoms with Crippen molar-refractivity contribution in [2.24, 2.45) is 5.92 Å². The monoisotopic (exact) mass is 512 g/mol. The summed E-state index contributed by atoms with van der Waals surface area (Å²) in [7, 11) is 0. The molecule has 9 nitrogen and oxygen atoms in total. The van der Waals surface area contributed by atoms with E-state index in [4.69, 9.17) is 24.2 Å². The van der Waals surface area contributed by atoms with E-state index in [0.717, 1.165) is 47.4 Å². The van der Waals surface area contributed by atoms with Crippen LogP contribution in [0.1, 0.15) is 17.5 Å². The molecule has 2 N–H and O–H groups in total. The topological polar surface area (TPSA) is 106 Å². The van der Waals surface area contributed by atoms with E-state index in [0.29, 0.717) is 29.4 Å². The largest absolute Gasteiger partial charge is 0.507 e. The maximum absolute atomic E-state index is 12.4. The van der Waals surface area contributed by atoms with Crippen molar-refractivity contribution in [3.05, 3.63) is 71.8 Å². The van der Waals surface area contributed by atoms with Gasteiger partial charge in [-0.15, -0.1) is 0 Å². The fraction of sp³-hybridized carbons (Fsp3) is 0.276. The molecule has 2 aliphatic heterocycles. The van der Waals surface area contributed by atoms with Crippen LogP contribution >= 0.6 is 0 Å². The molecule has 0 aliphatic carbocycles. The summed E-state index contributed by atoms with van der Waals surface area (Å²) in [5.41, 5.74) is 3.30. The van der Waals surface area contributed by atoms with E-state index >= 15 is 0 Å². The molecule has 0 saturated carbocycles. The maximum atomic E-state index is 12.4. The molecule has 194 valence electrons. The van der Waals surface area contributed by atoms with Crippen molar-refractivity contribution in [1.82, 2.24) is 15.3 Å². The number of nitrogens with zero attached hydrogens (tertiary/aromatic N) is 3. The van der Waals surface area contributed by atoms with Crippen LogP contribution in [-0.2, 0) is 11.3 Å². The standard InChI is InChI=1S/C29H28N4O5/c1-18-9-10-21-23(13-18)31-27(22-6-2-3-7-24(22)34)32-28(21)33-12-11-19(15-33)14-30-29(35)36-16-20-5-4-8-25-26(20)38-17-37-25/h2-10,13,19,34H,11-12,14-17H2,1H3,(H,30,35)/t19-/m0/s1. The van der Waals surface area contributed by atoms with Gasteiger partial charge >= 0.3 is 6.09 Å². The highest BCUT2D eigenvalue weighted by Gasteiger charge is 2.27. The SMILES string of the molecule is Cc1ccc2c(N3CC[C@@H](CNC(=O)OCc4cccc5c4OCO5)C3)nc(-c3ccccc3O)nc2c1. The molecular weight excluding hydrogens is 484 g/mol. The Morgan fingerprint density at radius 1 is 1.13 bits per heavy atom. The smallest absolute Gasteiger partial charge is 0.407 e. The number of anilines is 1. The first-order valence-electron chi connectivity index (χ1n) is 12.6. The first kappa shape index (κ1) is 23.8. The predicted octanol–water partition coefficient (Wildman–Crippen LogP) is 4.79. The Balaban J connectivity index is 1.13. The van der Waals surface area contributed by atoms with Gasteiger partial charge in [0.05, 0.1) is 11.1 Å². The van der Waals surface area contributed by atoms with Crippen LogP contribution in [0.2, 0.25) is 0 Å². The number of ether oxygens (including phenoxy) is 3. The van der Waals surface area contributed by atoms with E-state index in [9.17, 15) is 9.90 Å². The van der Waals surface area contributed by atoms with Gasteiger partial charge in [0.1, 0.15) is 18.2 Å². The van der Waals surface area contributed by atoms with Gasteiger partial charge in [0.2, 0.25) is 6.79 Å². The van der Waals surface area contributed by atoms with Crippen LogP contribution in [0.3, 0.4) is 0 Å². The van der Waals surface area contributed by atoms with Gasteiger partial charge in [-0.3, -0.25) is 0 Å². The lowest BCUT2D eigenvalue weighted by molar-refractivity contribution is 0.135. The number of carbonyl (C=O) groups is 1. The minimum absolute atomic E-state index is 0.108. The molecule has 6 rings (SSSR count). The van der Waals surface area contributed by atoms with E-state index in [1.54, 1.807) is 12.1 Å². The number of aromatic nitrogens is 2. The Bertz CT molecular complexity index is 1510. The third-order valence-electron chi connectivity index (χ3n) is 6.93. The molecular formula is C29H28N4O5. The summed E-state index contributed by atoms with van der Waals surface area (Å²) in [6, 6.07) is 18.8. The first-order valence-corrected chi connectivity index (χ1v) is 12.6. The van der Waals surface area contributed by atoms with Crippen LogP contribution in [0, 0.1) is 12.8 Å². The summed E-state index contributed by atoms with van der Waals surface area (Å²) in [6.07, 6.45) is 0.436. The number of amides is 1. The van der Waals surface area contributed by atoms with Gasteiger partial charge in [0.15, 0.2) is 17.3 Å². The third kappa shape index (κ3) is 4.74. The lowest BCUT2D eigenvalue weighted by Gasteiger charge is -2.21. The number of phenolic OH excluding ortho intramolecular Hbond substituents is 1. The van der Waals surface area contributed by atoms with Gasteiger partial charge in [-0.25, -0.2) is 14.8 Å². The zero-order valence-electron chi connectivity index (χ0n) is 21.0. The Morgan fingerprint density at radius 3 is 2.92 bits per heavy atom. The number of alkyl carbamates (subject to hydrolysis) is 1. The highest BCUT2D eigenvalue weighted by molar-refractivity contribution is 5.92. The average Bonchev–Trinajstić information content (AvgIpc) is 3.60. The van der Waals surface area contributed by atoms with Crippen molar-refractivity contribution in [3.63, 3.8) is 0 Å². The van der Waals surface area contributed by atoms with Gasteiger partial charge in [-0.2, -0.15) is 0 Å². The van der Waals surface area contributed by atoms with E-state index in [1.807, 2.05) is 49.4 Å². The maximum Gasteiger partial charge on any atom is 0.407 e. The lowest BCUT2D eigenvalue weighted by Crippen LogP contribution is -2.31. The van der Waals surface area contributed by atoms with Gasteiger partial charge < -0.3 is 29.5 Å². The fourth-order valence-electron chi connectivity index (χ4n) is 4.97. The highest BCUT2D eigenvalue weighted by atomic mass is 16.7. The molecule has 2 aliphatic rings. The van der Waals surface area contributed by atoms with Gasteiger partial charge in [0.25, 0.3) is 0 Å². The lowest BCUT2D eigenvalue weighted by atomic mass is 10.1. The summed E-state index contributed by atoms with van der Waals surface area (Å²) in [4.78, 5) is 24.3. The van der Waals surface area contributed by atoms with Crippen LogP contribution in [0.15, 0.2) is 60.7 Å². The molecule has 3 heterocycles. The minimum Gasteiger partial charge on any atom is -0.507 e. The zero-order valence-corrected chi connectivity index (χ0v) is 21.0. The molecule has 1 fully saturated rings. The van der Waals surface area contributed by atoms with E-state index in [-0.39, 0.29) is 25.1 Å². The molecule has 1 saturated heterocycles. The number of fused-ring (bicyclic) bond motifs is 2. The van der Waals surface area contributed by atoms with Crippen molar-refractivity contribution in [3.8, 4) is 28.6 Å². The van der Waals surface area contributed by atoms with Crippen LogP contribution in [0.25, 0.3) is 22.3 Å². The molecule has 4 aromatic rings. The number of aryl methyl sites for hydroxylation is 1. The average molecular weight is 513 g/mol. The third-order valence-corrected chi connectivity index (χ3v) is 6.93. The Kier molecular flexibility index (Phi) is 6.33. The second kappa shape index (κ2) is 10.1. The molecule has 1 atom stereocenters. The summed E-state index contributed by atoms with van der Waals surface area (Å²) in [5.74, 6) is 3.00. The van der Waals surface area contributed by atoms with E-state index in [2.05, 4.69) is 16.3 Å².